The van der Waals surface area contributed by atoms with E-state index in [1.807, 2.05) is 0 Å². The van der Waals surface area contributed by atoms with E-state index in [-0.39, 0.29) is 36.0 Å². The zero-order valence-corrected chi connectivity index (χ0v) is 31.3. The largest absolute Gasteiger partial charge is 0.494 e. The van der Waals surface area contributed by atoms with E-state index in [4.69, 9.17) is 28.9 Å². The van der Waals surface area contributed by atoms with Gasteiger partial charge in [-0.3, -0.25) is 0 Å². The normalized spacial score (nSPS) is 22.4. The first-order valence-electron chi connectivity index (χ1n) is 19.1. The molecular formula is C44H55N3O5. The minimum absolute atomic E-state index is 0.0680. The number of nitrogens with one attached hydrogen (secondary N) is 2. The molecule has 2 aliphatic rings. The van der Waals surface area contributed by atoms with Gasteiger partial charge in [0, 0.05) is 36.0 Å². The van der Waals surface area contributed by atoms with Gasteiger partial charge in [0.05, 0.1) is 32.1 Å². The summed E-state index contributed by atoms with van der Waals surface area (Å²) in [6.07, 6.45) is 3.84. The van der Waals surface area contributed by atoms with Gasteiger partial charge in [-0.2, -0.15) is 0 Å². The molecule has 2 saturated heterocycles. The average molecular weight is 706 g/mol. The highest BCUT2D eigenvalue weighted by atomic mass is 16.6. The van der Waals surface area contributed by atoms with Crippen molar-refractivity contribution in [2.24, 2.45) is 17.0 Å². The number of fused-ring (bicyclic) bond motifs is 2. The molecule has 0 amide bonds. The van der Waals surface area contributed by atoms with Gasteiger partial charge in [-0.15, -0.1) is 0 Å². The quantitative estimate of drug-likeness (QED) is 0.106. The molecule has 4 atom stereocenters. The van der Waals surface area contributed by atoms with Gasteiger partial charge >= 0.3 is 0 Å². The Morgan fingerprint density at radius 1 is 0.423 bits per heavy atom. The number of piperidine rings is 2. The molecule has 0 spiro atoms. The molecule has 4 aromatic rings. The van der Waals surface area contributed by atoms with Gasteiger partial charge in [-0.25, -0.2) is 0 Å². The first-order chi connectivity index (χ1) is 25.6. The van der Waals surface area contributed by atoms with Crippen molar-refractivity contribution in [2.45, 2.75) is 77.5 Å². The molecule has 276 valence electrons. The molecule has 52 heavy (non-hydrogen) atoms. The Bertz CT molecular complexity index is 1450. The van der Waals surface area contributed by atoms with Crippen LogP contribution in [0.3, 0.4) is 0 Å². The summed E-state index contributed by atoms with van der Waals surface area (Å²) in [6, 6.07) is 33.8. The fourth-order valence-electron chi connectivity index (χ4n) is 7.50. The maximum absolute atomic E-state index is 5.98. The van der Waals surface area contributed by atoms with E-state index in [9.17, 15) is 0 Å². The average Bonchev–Trinajstić information content (AvgIpc) is 3.19. The fourth-order valence-corrected chi connectivity index (χ4v) is 7.50. The third-order valence-electron chi connectivity index (χ3n) is 9.88. The SMILES string of the molecule is CCCOc1ccc(C2NC(c3ccc(OCCC)cc3)C3C(=NOC)C2C(c2ccc(OCCC)cc2)NC3c2ccc(OCCC)cc2)cc1. The number of hydrogen-bond acceptors (Lipinski definition) is 8. The second-order valence-electron chi connectivity index (χ2n) is 13.7. The highest BCUT2D eigenvalue weighted by Crippen LogP contribution is 2.53. The van der Waals surface area contributed by atoms with Gasteiger partial charge in [0.25, 0.3) is 0 Å². The molecule has 0 radical (unpaired) electrons. The van der Waals surface area contributed by atoms with E-state index in [1.165, 1.54) is 0 Å². The zero-order chi connectivity index (χ0) is 36.3. The summed E-state index contributed by atoms with van der Waals surface area (Å²) in [6.45, 7) is 11.2. The Balaban J connectivity index is 1.47. The van der Waals surface area contributed by atoms with Crippen molar-refractivity contribution in [1.29, 1.82) is 0 Å². The fraction of sp³-hybridized carbons (Fsp3) is 0.432. The van der Waals surface area contributed by atoms with Crippen LogP contribution in [0.5, 0.6) is 23.0 Å². The van der Waals surface area contributed by atoms with Crippen molar-refractivity contribution in [2.75, 3.05) is 33.5 Å². The van der Waals surface area contributed by atoms with Crippen LogP contribution in [-0.2, 0) is 4.84 Å². The Labute approximate surface area is 309 Å². The molecule has 2 heterocycles. The molecule has 0 aliphatic carbocycles. The summed E-state index contributed by atoms with van der Waals surface area (Å²) in [7, 11) is 1.66. The monoisotopic (exact) mass is 705 g/mol. The standard InChI is InChI=1S/C44H55N3O5/c1-6-26-49-34-18-10-30(11-19-34)40-38-41(31-12-20-35(21-13-31)50-27-7-2)46-43(33-16-24-37(25-17-33)52-29-9-4)39(44(38)47-48-5)42(45-40)32-14-22-36(23-15-32)51-28-8-3/h10-25,38-43,45-46H,6-9,26-29H2,1-5H3. The van der Waals surface area contributed by atoms with Gasteiger partial charge in [0.1, 0.15) is 30.1 Å². The van der Waals surface area contributed by atoms with Crippen LogP contribution in [0.25, 0.3) is 0 Å². The minimum Gasteiger partial charge on any atom is -0.494 e. The molecule has 0 saturated carbocycles. The van der Waals surface area contributed by atoms with Gasteiger partial charge in [-0.1, -0.05) is 81.4 Å². The van der Waals surface area contributed by atoms with Crippen LogP contribution in [0, 0.1) is 11.8 Å². The Morgan fingerprint density at radius 3 is 0.885 bits per heavy atom. The number of ether oxygens (including phenoxy) is 4. The summed E-state index contributed by atoms with van der Waals surface area (Å²) >= 11 is 0. The predicted octanol–water partition coefficient (Wildman–Crippen LogP) is 9.55. The first-order valence-corrected chi connectivity index (χ1v) is 19.1. The Hall–Kier alpha value is -4.53. The van der Waals surface area contributed by atoms with Crippen LogP contribution in [-0.4, -0.2) is 39.2 Å². The van der Waals surface area contributed by atoms with Crippen molar-refractivity contribution in [3.05, 3.63) is 119 Å². The van der Waals surface area contributed by atoms with Crippen LogP contribution < -0.4 is 29.6 Å². The molecular weight excluding hydrogens is 651 g/mol. The summed E-state index contributed by atoms with van der Waals surface area (Å²) in [4.78, 5) is 5.76. The van der Waals surface area contributed by atoms with Crippen molar-refractivity contribution < 1.29 is 23.8 Å². The summed E-state index contributed by atoms with van der Waals surface area (Å²) in [5.74, 6) is 3.35. The molecule has 2 N–H and O–H groups in total. The molecule has 8 nitrogen and oxygen atoms in total. The van der Waals surface area contributed by atoms with E-state index in [0.29, 0.717) is 26.4 Å². The highest BCUT2D eigenvalue weighted by Gasteiger charge is 2.54. The van der Waals surface area contributed by atoms with E-state index < -0.39 is 0 Å². The van der Waals surface area contributed by atoms with Crippen molar-refractivity contribution >= 4 is 5.71 Å². The van der Waals surface area contributed by atoms with E-state index in [0.717, 1.165) is 76.6 Å². The van der Waals surface area contributed by atoms with Crippen LogP contribution in [0.4, 0.5) is 0 Å². The summed E-state index contributed by atoms with van der Waals surface area (Å²) < 4.78 is 23.9. The summed E-state index contributed by atoms with van der Waals surface area (Å²) in [5, 5.41) is 13.3. The third kappa shape index (κ3) is 8.56. The molecule has 2 bridgehead atoms. The van der Waals surface area contributed by atoms with Crippen LogP contribution >= 0.6 is 0 Å². The molecule has 6 rings (SSSR count). The van der Waals surface area contributed by atoms with E-state index >= 15 is 0 Å². The lowest BCUT2D eigenvalue weighted by molar-refractivity contribution is 0.138. The van der Waals surface area contributed by atoms with E-state index in [1.54, 1.807) is 7.11 Å². The number of nitrogens with zero attached hydrogens (tertiary/aromatic N) is 1. The number of benzene rings is 4. The maximum atomic E-state index is 5.98. The molecule has 0 aromatic heterocycles. The highest BCUT2D eigenvalue weighted by molar-refractivity contribution is 5.93. The Kier molecular flexibility index (Phi) is 13.1. The van der Waals surface area contributed by atoms with Crippen molar-refractivity contribution in [3.63, 3.8) is 0 Å². The van der Waals surface area contributed by atoms with Crippen molar-refractivity contribution in [3.8, 4) is 23.0 Å². The topological polar surface area (TPSA) is 82.6 Å². The number of hydrogen-bond donors (Lipinski definition) is 2. The third-order valence-corrected chi connectivity index (χ3v) is 9.88. The second-order valence-corrected chi connectivity index (χ2v) is 13.7. The smallest absolute Gasteiger partial charge is 0.119 e. The van der Waals surface area contributed by atoms with Crippen LogP contribution in [0.1, 0.15) is 99.8 Å². The zero-order valence-electron chi connectivity index (χ0n) is 31.3. The van der Waals surface area contributed by atoms with Crippen LogP contribution in [0.15, 0.2) is 102 Å². The first kappa shape index (κ1) is 37.2. The van der Waals surface area contributed by atoms with Crippen molar-refractivity contribution in [1.82, 2.24) is 10.6 Å². The van der Waals surface area contributed by atoms with Gasteiger partial charge in [0.2, 0.25) is 0 Å². The lowest BCUT2D eigenvalue weighted by atomic mass is 9.63. The lowest BCUT2D eigenvalue weighted by Gasteiger charge is -2.54. The number of rotatable bonds is 17. The van der Waals surface area contributed by atoms with Crippen LogP contribution in [0.2, 0.25) is 0 Å². The molecule has 4 aromatic carbocycles. The van der Waals surface area contributed by atoms with Gasteiger partial charge in [0.15, 0.2) is 0 Å². The number of oxime groups is 1. The second kappa shape index (κ2) is 18.3. The Morgan fingerprint density at radius 2 is 0.673 bits per heavy atom. The molecule has 2 aliphatic heterocycles. The minimum atomic E-state index is -0.0920. The predicted molar refractivity (Wildman–Crippen MR) is 208 cm³/mol. The molecule has 2 fully saturated rings. The molecule has 8 heteroatoms. The van der Waals surface area contributed by atoms with Gasteiger partial charge in [-0.05, 0) is 96.5 Å². The van der Waals surface area contributed by atoms with E-state index in [2.05, 4.69) is 135 Å². The summed E-state index contributed by atoms with van der Waals surface area (Å²) in [5.41, 5.74) is 5.67. The van der Waals surface area contributed by atoms with Gasteiger partial charge < -0.3 is 34.4 Å². The molecule has 4 unspecified atom stereocenters. The lowest BCUT2D eigenvalue weighted by Crippen LogP contribution is -2.60. The maximum Gasteiger partial charge on any atom is 0.119 e.